The third kappa shape index (κ3) is 16.3. The van der Waals surface area contributed by atoms with Crippen LogP contribution >= 0.6 is 11.6 Å². The van der Waals surface area contributed by atoms with Gasteiger partial charge in [0, 0.05) is 11.9 Å². The fraction of sp³-hybridized carbons (Fsp3) is 1.00. The molecule has 0 spiro atoms. The molecule has 0 heterocycles. The summed E-state index contributed by atoms with van der Waals surface area (Å²) in [5, 5.41) is 3.62. The molecule has 0 aliphatic rings. The van der Waals surface area contributed by atoms with Crippen LogP contribution in [0.15, 0.2) is 0 Å². The summed E-state index contributed by atoms with van der Waals surface area (Å²) in [7, 11) is 0. The Balaban J connectivity index is 3.09. The van der Waals surface area contributed by atoms with Crippen molar-refractivity contribution in [3.05, 3.63) is 0 Å². The van der Waals surface area contributed by atoms with Crippen molar-refractivity contribution < 1.29 is 0 Å². The van der Waals surface area contributed by atoms with E-state index < -0.39 is 0 Å². The Bertz CT molecular complexity index is 173. The van der Waals surface area contributed by atoms with Crippen molar-refractivity contribution in [2.24, 2.45) is 0 Å². The van der Waals surface area contributed by atoms with Crippen LogP contribution in [0.25, 0.3) is 0 Å². The highest BCUT2D eigenvalue weighted by Crippen LogP contribution is 2.11. The summed E-state index contributed by atoms with van der Waals surface area (Å²) >= 11 is 5.67. The number of rotatable bonds is 16. The summed E-state index contributed by atoms with van der Waals surface area (Å²) in [6.07, 6.45) is 17.9. The molecule has 1 N–H and O–H groups in total. The summed E-state index contributed by atoms with van der Waals surface area (Å²) < 4.78 is 0. The Morgan fingerprint density at radius 2 is 1.30 bits per heavy atom. The molecular weight excluding hydrogens is 266 g/mol. The maximum Gasteiger partial charge on any atom is 0.0223 e. The maximum absolute atomic E-state index is 5.67. The third-order valence-electron chi connectivity index (χ3n) is 4.04. The van der Waals surface area contributed by atoms with Crippen molar-refractivity contribution in [3.63, 3.8) is 0 Å². The van der Waals surface area contributed by atoms with Gasteiger partial charge in [0.25, 0.3) is 0 Å². The molecule has 0 aromatic heterocycles. The van der Waals surface area contributed by atoms with Crippen LogP contribution in [0.2, 0.25) is 0 Å². The first-order valence-corrected chi connectivity index (χ1v) is 9.64. The fourth-order valence-corrected chi connectivity index (χ4v) is 2.80. The minimum absolute atomic E-state index is 0.690. The quantitative estimate of drug-likeness (QED) is 0.261. The maximum atomic E-state index is 5.67. The second-order valence-electron chi connectivity index (χ2n) is 6.22. The van der Waals surface area contributed by atoms with E-state index in [-0.39, 0.29) is 0 Å². The molecule has 1 atom stereocenters. The number of unbranched alkanes of at least 4 members (excludes halogenated alkanes) is 10. The van der Waals surface area contributed by atoms with Crippen molar-refractivity contribution in [1.29, 1.82) is 0 Å². The van der Waals surface area contributed by atoms with Crippen LogP contribution in [0.4, 0.5) is 0 Å². The first kappa shape index (κ1) is 20.2. The molecule has 0 saturated carbocycles. The van der Waals surface area contributed by atoms with Crippen LogP contribution < -0.4 is 5.32 Å². The molecule has 0 fully saturated rings. The van der Waals surface area contributed by atoms with Gasteiger partial charge in [-0.05, 0) is 32.7 Å². The van der Waals surface area contributed by atoms with Crippen molar-refractivity contribution >= 4 is 11.6 Å². The molecule has 0 amide bonds. The van der Waals surface area contributed by atoms with Gasteiger partial charge in [-0.2, -0.15) is 0 Å². The summed E-state index contributed by atoms with van der Waals surface area (Å²) in [6.45, 7) is 5.77. The lowest BCUT2D eigenvalue weighted by Gasteiger charge is -2.13. The zero-order valence-electron chi connectivity index (χ0n) is 14.1. The normalized spacial score (nSPS) is 12.8. The van der Waals surface area contributed by atoms with E-state index in [2.05, 4.69) is 19.2 Å². The monoisotopic (exact) mass is 303 g/mol. The molecule has 0 rings (SSSR count). The van der Waals surface area contributed by atoms with Gasteiger partial charge < -0.3 is 5.32 Å². The largest absolute Gasteiger partial charge is 0.314 e. The third-order valence-corrected chi connectivity index (χ3v) is 4.31. The SMILES string of the molecule is CCCCCCCCCCCC(C)NCCCCCCl. The standard InChI is InChI=1S/C18H38ClN/c1-3-4-5-6-7-8-9-10-12-15-18(2)20-17-14-11-13-16-19/h18,20H,3-17H2,1-2H3. The highest BCUT2D eigenvalue weighted by molar-refractivity contribution is 6.17. The van der Waals surface area contributed by atoms with E-state index >= 15 is 0 Å². The van der Waals surface area contributed by atoms with Crippen LogP contribution in [0, 0.1) is 0 Å². The smallest absolute Gasteiger partial charge is 0.0223 e. The van der Waals surface area contributed by atoms with Gasteiger partial charge in [-0.1, -0.05) is 71.1 Å². The topological polar surface area (TPSA) is 12.0 Å². The lowest BCUT2D eigenvalue weighted by atomic mass is 10.0. The molecule has 0 radical (unpaired) electrons. The molecule has 0 aliphatic carbocycles. The zero-order chi connectivity index (χ0) is 14.9. The van der Waals surface area contributed by atoms with Crippen molar-refractivity contribution in [2.45, 2.75) is 103 Å². The summed E-state index contributed by atoms with van der Waals surface area (Å²) in [6, 6.07) is 0.690. The molecule has 0 aromatic rings. The minimum atomic E-state index is 0.690. The number of hydrogen-bond acceptors (Lipinski definition) is 1. The van der Waals surface area contributed by atoms with Gasteiger partial charge in [-0.25, -0.2) is 0 Å². The average Bonchev–Trinajstić information content (AvgIpc) is 2.45. The van der Waals surface area contributed by atoms with E-state index in [0.29, 0.717) is 6.04 Å². The van der Waals surface area contributed by atoms with E-state index in [1.165, 1.54) is 77.0 Å². The predicted molar refractivity (Wildman–Crippen MR) is 93.9 cm³/mol. The molecule has 1 nitrogen and oxygen atoms in total. The Hall–Kier alpha value is 0.250. The Morgan fingerprint density at radius 1 is 0.750 bits per heavy atom. The molecule has 1 unspecified atom stereocenters. The number of halogens is 1. The fourth-order valence-electron chi connectivity index (χ4n) is 2.61. The molecule has 0 aromatic carbocycles. The lowest BCUT2D eigenvalue weighted by Crippen LogP contribution is -2.26. The van der Waals surface area contributed by atoms with Gasteiger partial charge in [0.2, 0.25) is 0 Å². The van der Waals surface area contributed by atoms with Crippen LogP contribution in [0.5, 0.6) is 0 Å². The first-order chi connectivity index (χ1) is 9.81. The van der Waals surface area contributed by atoms with Gasteiger partial charge in [-0.15, -0.1) is 11.6 Å². The van der Waals surface area contributed by atoms with E-state index in [1.54, 1.807) is 0 Å². The molecule has 0 saturated heterocycles. The van der Waals surface area contributed by atoms with Gasteiger partial charge in [0.15, 0.2) is 0 Å². The van der Waals surface area contributed by atoms with Crippen molar-refractivity contribution in [2.75, 3.05) is 12.4 Å². The van der Waals surface area contributed by atoms with Crippen LogP contribution in [-0.4, -0.2) is 18.5 Å². The van der Waals surface area contributed by atoms with Crippen LogP contribution in [0.3, 0.4) is 0 Å². The molecule has 2 heteroatoms. The highest BCUT2D eigenvalue weighted by atomic mass is 35.5. The Morgan fingerprint density at radius 3 is 1.90 bits per heavy atom. The lowest BCUT2D eigenvalue weighted by molar-refractivity contribution is 0.468. The van der Waals surface area contributed by atoms with Crippen molar-refractivity contribution in [3.8, 4) is 0 Å². The van der Waals surface area contributed by atoms with Crippen LogP contribution in [-0.2, 0) is 0 Å². The highest BCUT2D eigenvalue weighted by Gasteiger charge is 2.00. The van der Waals surface area contributed by atoms with E-state index in [0.717, 1.165) is 18.8 Å². The second-order valence-corrected chi connectivity index (χ2v) is 6.60. The Labute approximate surface area is 133 Å². The molecule has 122 valence electrons. The molecule has 20 heavy (non-hydrogen) atoms. The van der Waals surface area contributed by atoms with E-state index in [9.17, 15) is 0 Å². The van der Waals surface area contributed by atoms with Crippen molar-refractivity contribution in [1.82, 2.24) is 5.32 Å². The number of hydrogen-bond donors (Lipinski definition) is 1. The number of alkyl halides is 1. The van der Waals surface area contributed by atoms with Gasteiger partial charge in [-0.3, -0.25) is 0 Å². The summed E-state index contributed by atoms with van der Waals surface area (Å²) in [4.78, 5) is 0. The average molecular weight is 304 g/mol. The molecule has 0 bridgehead atoms. The molecule has 0 aliphatic heterocycles. The first-order valence-electron chi connectivity index (χ1n) is 9.10. The van der Waals surface area contributed by atoms with E-state index in [4.69, 9.17) is 11.6 Å². The number of nitrogens with one attached hydrogen (secondary N) is 1. The van der Waals surface area contributed by atoms with Gasteiger partial charge >= 0.3 is 0 Å². The minimum Gasteiger partial charge on any atom is -0.314 e. The summed E-state index contributed by atoms with van der Waals surface area (Å²) in [5.41, 5.74) is 0. The van der Waals surface area contributed by atoms with Gasteiger partial charge in [0.05, 0.1) is 0 Å². The summed E-state index contributed by atoms with van der Waals surface area (Å²) in [5.74, 6) is 0.813. The molecular formula is C18H38ClN. The second kappa shape index (κ2) is 17.3. The predicted octanol–water partition coefficient (Wildman–Crippen LogP) is 6.29. The van der Waals surface area contributed by atoms with Gasteiger partial charge in [0.1, 0.15) is 0 Å². The Kier molecular flexibility index (Phi) is 17.5. The zero-order valence-corrected chi connectivity index (χ0v) is 14.8. The van der Waals surface area contributed by atoms with E-state index in [1.807, 2.05) is 0 Å². The van der Waals surface area contributed by atoms with Crippen LogP contribution in [0.1, 0.15) is 97.3 Å².